The van der Waals surface area contributed by atoms with Crippen LogP contribution in [-0.2, 0) is 0 Å². The zero-order chi connectivity index (χ0) is 16.1. The molecule has 0 aliphatic carbocycles. The molecule has 1 aliphatic rings. The molecule has 2 heterocycles. The van der Waals surface area contributed by atoms with Crippen LogP contribution in [0.4, 0.5) is 23.1 Å². The minimum atomic E-state index is 0.546. The maximum atomic E-state index is 4.57. The van der Waals surface area contributed by atoms with Crippen LogP contribution in [-0.4, -0.2) is 41.4 Å². The quantitative estimate of drug-likeness (QED) is 0.884. The monoisotopic (exact) mass is 312 g/mol. The standard InChI is InChI=1S/C17H24N6/c1-3-22(4-2)15-9-7-14(8-10-15)19-17-20-16(13-18-21-17)23-11-5-6-12-23/h7-10,13H,3-6,11-12H2,1-2H3,(H,19,20,21). The number of rotatable bonds is 6. The normalized spacial score (nSPS) is 14.1. The van der Waals surface area contributed by atoms with Gasteiger partial charge in [-0.15, -0.1) is 5.10 Å². The molecule has 1 aromatic carbocycles. The molecule has 0 spiro atoms. The third-order valence-corrected chi connectivity index (χ3v) is 4.23. The Balaban J connectivity index is 1.70. The Morgan fingerprint density at radius 3 is 2.43 bits per heavy atom. The first-order valence-electron chi connectivity index (χ1n) is 8.37. The molecule has 0 saturated carbocycles. The highest BCUT2D eigenvalue weighted by Gasteiger charge is 2.14. The molecular formula is C17H24N6. The molecular weight excluding hydrogens is 288 g/mol. The van der Waals surface area contributed by atoms with E-state index in [-0.39, 0.29) is 0 Å². The fourth-order valence-corrected chi connectivity index (χ4v) is 2.92. The number of hydrogen-bond acceptors (Lipinski definition) is 6. The molecule has 1 aromatic heterocycles. The molecule has 1 N–H and O–H groups in total. The smallest absolute Gasteiger partial charge is 0.249 e. The van der Waals surface area contributed by atoms with E-state index in [1.165, 1.54) is 18.5 Å². The zero-order valence-electron chi connectivity index (χ0n) is 13.9. The lowest BCUT2D eigenvalue weighted by molar-refractivity contribution is 0.866. The number of anilines is 4. The van der Waals surface area contributed by atoms with Gasteiger partial charge in [0.15, 0.2) is 5.82 Å². The molecule has 23 heavy (non-hydrogen) atoms. The summed E-state index contributed by atoms with van der Waals surface area (Å²) in [5, 5.41) is 11.4. The molecule has 0 radical (unpaired) electrons. The molecule has 6 nitrogen and oxygen atoms in total. The van der Waals surface area contributed by atoms with Crippen molar-refractivity contribution in [2.75, 3.05) is 41.3 Å². The van der Waals surface area contributed by atoms with E-state index in [9.17, 15) is 0 Å². The summed E-state index contributed by atoms with van der Waals surface area (Å²) >= 11 is 0. The minimum absolute atomic E-state index is 0.546. The van der Waals surface area contributed by atoms with Gasteiger partial charge in [-0.1, -0.05) is 0 Å². The van der Waals surface area contributed by atoms with Crippen LogP contribution in [0.3, 0.4) is 0 Å². The zero-order valence-corrected chi connectivity index (χ0v) is 13.9. The number of aromatic nitrogens is 3. The van der Waals surface area contributed by atoms with Crippen LogP contribution in [0.1, 0.15) is 26.7 Å². The predicted molar refractivity (Wildman–Crippen MR) is 94.6 cm³/mol. The van der Waals surface area contributed by atoms with Crippen molar-refractivity contribution in [3.8, 4) is 0 Å². The third-order valence-electron chi connectivity index (χ3n) is 4.23. The number of nitrogens with zero attached hydrogens (tertiary/aromatic N) is 5. The van der Waals surface area contributed by atoms with E-state index in [2.05, 4.69) is 68.4 Å². The van der Waals surface area contributed by atoms with Crippen molar-refractivity contribution in [1.82, 2.24) is 15.2 Å². The van der Waals surface area contributed by atoms with Gasteiger partial charge in [0.1, 0.15) is 0 Å². The molecule has 2 aromatic rings. The second-order valence-electron chi connectivity index (χ2n) is 5.68. The second kappa shape index (κ2) is 7.26. The van der Waals surface area contributed by atoms with E-state index in [1.54, 1.807) is 6.20 Å². The first-order chi connectivity index (χ1) is 11.3. The molecule has 0 unspecified atom stereocenters. The third kappa shape index (κ3) is 3.70. The largest absolute Gasteiger partial charge is 0.372 e. The van der Waals surface area contributed by atoms with Gasteiger partial charge in [0.25, 0.3) is 0 Å². The lowest BCUT2D eigenvalue weighted by Gasteiger charge is -2.21. The first-order valence-corrected chi connectivity index (χ1v) is 8.37. The molecule has 3 rings (SSSR count). The van der Waals surface area contributed by atoms with Crippen LogP contribution in [0, 0.1) is 0 Å². The molecule has 1 fully saturated rings. The van der Waals surface area contributed by atoms with Crippen LogP contribution < -0.4 is 15.1 Å². The summed E-state index contributed by atoms with van der Waals surface area (Å²) in [5.41, 5.74) is 2.20. The van der Waals surface area contributed by atoms with Gasteiger partial charge in [0, 0.05) is 37.6 Å². The average molecular weight is 312 g/mol. The lowest BCUT2D eigenvalue weighted by Crippen LogP contribution is -2.21. The van der Waals surface area contributed by atoms with E-state index in [4.69, 9.17) is 0 Å². The van der Waals surface area contributed by atoms with Crippen molar-refractivity contribution < 1.29 is 0 Å². The second-order valence-corrected chi connectivity index (χ2v) is 5.68. The minimum Gasteiger partial charge on any atom is -0.372 e. The van der Waals surface area contributed by atoms with Gasteiger partial charge >= 0.3 is 0 Å². The van der Waals surface area contributed by atoms with Crippen molar-refractivity contribution in [2.45, 2.75) is 26.7 Å². The maximum Gasteiger partial charge on any atom is 0.249 e. The Morgan fingerprint density at radius 2 is 1.78 bits per heavy atom. The molecule has 122 valence electrons. The van der Waals surface area contributed by atoms with E-state index in [1.807, 2.05) is 0 Å². The van der Waals surface area contributed by atoms with E-state index in [0.29, 0.717) is 5.95 Å². The predicted octanol–water partition coefficient (Wildman–Crippen LogP) is 3.06. The summed E-state index contributed by atoms with van der Waals surface area (Å²) in [7, 11) is 0. The van der Waals surface area contributed by atoms with E-state index in [0.717, 1.165) is 37.7 Å². The van der Waals surface area contributed by atoms with Gasteiger partial charge in [-0.3, -0.25) is 0 Å². The van der Waals surface area contributed by atoms with E-state index < -0.39 is 0 Å². The van der Waals surface area contributed by atoms with Crippen molar-refractivity contribution in [3.05, 3.63) is 30.5 Å². The van der Waals surface area contributed by atoms with Gasteiger partial charge in [0.2, 0.25) is 5.95 Å². The van der Waals surface area contributed by atoms with Gasteiger partial charge in [-0.2, -0.15) is 10.1 Å². The molecule has 0 bridgehead atoms. The summed E-state index contributed by atoms with van der Waals surface area (Å²) in [6, 6.07) is 8.35. The van der Waals surface area contributed by atoms with Gasteiger partial charge < -0.3 is 15.1 Å². The van der Waals surface area contributed by atoms with Crippen molar-refractivity contribution in [3.63, 3.8) is 0 Å². The number of benzene rings is 1. The highest BCUT2D eigenvalue weighted by atomic mass is 15.3. The first kappa shape index (κ1) is 15.5. The van der Waals surface area contributed by atoms with Crippen LogP contribution in [0.15, 0.2) is 30.5 Å². The number of hydrogen-bond donors (Lipinski definition) is 1. The SMILES string of the molecule is CCN(CC)c1ccc(Nc2nncc(N3CCCC3)n2)cc1. The van der Waals surface area contributed by atoms with Crippen LogP contribution >= 0.6 is 0 Å². The van der Waals surface area contributed by atoms with Crippen LogP contribution in [0.2, 0.25) is 0 Å². The fraction of sp³-hybridized carbons (Fsp3) is 0.471. The maximum absolute atomic E-state index is 4.57. The Bertz CT molecular complexity index is 617. The van der Waals surface area contributed by atoms with Gasteiger partial charge in [-0.25, -0.2) is 0 Å². The molecule has 0 amide bonds. The molecule has 0 atom stereocenters. The summed E-state index contributed by atoms with van der Waals surface area (Å²) in [6.45, 7) is 8.45. The summed E-state index contributed by atoms with van der Waals surface area (Å²) < 4.78 is 0. The highest BCUT2D eigenvalue weighted by molar-refractivity contribution is 5.59. The summed E-state index contributed by atoms with van der Waals surface area (Å²) in [6.07, 6.45) is 4.18. The van der Waals surface area contributed by atoms with Crippen molar-refractivity contribution in [2.24, 2.45) is 0 Å². The topological polar surface area (TPSA) is 57.2 Å². The molecule has 1 aliphatic heterocycles. The highest BCUT2D eigenvalue weighted by Crippen LogP contribution is 2.21. The molecule has 1 saturated heterocycles. The number of nitrogens with one attached hydrogen (secondary N) is 1. The van der Waals surface area contributed by atoms with E-state index >= 15 is 0 Å². The van der Waals surface area contributed by atoms with Crippen LogP contribution in [0.25, 0.3) is 0 Å². The summed E-state index contributed by atoms with van der Waals surface area (Å²) in [4.78, 5) is 9.14. The van der Waals surface area contributed by atoms with Gasteiger partial charge in [-0.05, 0) is 51.0 Å². The van der Waals surface area contributed by atoms with Gasteiger partial charge in [0.05, 0.1) is 6.20 Å². The Hall–Kier alpha value is -2.37. The van der Waals surface area contributed by atoms with Crippen molar-refractivity contribution in [1.29, 1.82) is 0 Å². The Kier molecular flexibility index (Phi) is 4.90. The lowest BCUT2D eigenvalue weighted by atomic mass is 10.2. The Morgan fingerprint density at radius 1 is 1.09 bits per heavy atom. The van der Waals surface area contributed by atoms with Crippen LogP contribution in [0.5, 0.6) is 0 Å². The van der Waals surface area contributed by atoms with Crippen molar-refractivity contribution >= 4 is 23.1 Å². The Labute approximate surface area is 137 Å². The average Bonchev–Trinajstić information content (AvgIpc) is 3.12. The summed E-state index contributed by atoms with van der Waals surface area (Å²) in [5.74, 6) is 1.45. The fourth-order valence-electron chi connectivity index (χ4n) is 2.92. The molecule has 6 heteroatoms.